The lowest BCUT2D eigenvalue weighted by Gasteiger charge is -2.18. The van der Waals surface area contributed by atoms with E-state index in [1.54, 1.807) is 0 Å². The van der Waals surface area contributed by atoms with Crippen LogP contribution in [-0.4, -0.2) is 5.71 Å². The Morgan fingerprint density at radius 2 is 1.64 bits per heavy atom. The predicted molar refractivity (Wildman–Crippen MR) is 62.1 cm³/mol. The summed E-state index contributed by atoms with van der Waals surface area (Å²) in [5.41, 5.74) is 3.33. The first kappa shape index (κ1) is 11.0. The molecule has 0 heterocycles. The van der Waals surface area contributed by atoms with Gasteiger partial charge in [0.05, 0.1) is 0 Å². The molecule has 0 saturated carbocycles. The molecule has 14 heavy (non-hydrogen) atoms. The van der Waals surface area contributed by atoms with Crippen LogP contribution < -0.4 is 0 Å². The van der Waals surface area contributed by atoms with Gasteiger partial charge in [-0.05, 0) is 29.9 Å². The maximum atomic E-state index is 7.49. The Kier molecular flexibility index (Phi) is 3.10. The summed E-state index contributed by atoms with van der Waals surface area (Å²) in [6.45, 7) is 8.53. The van der Waals surface area contributed by atoms with Gasteiger partial charge in [0.1, 0.15) is 0 Å². The van der Waals surface area contributed by atoms with Gasteiger partial charge in [-0.25, -0.2) is 0 Å². The van der Waals surface area contributed by atoms with Crippen molar-refractivity contribution in [2.24, 2.45) is 5.41 Å². The van der Waals surface area contributed by atoms with Crippen molar-refractivity contribution in [2.75, 3.05) is 0 Å². The Balaban J connectivity index is 2.79. The molecular formula is C13H19N. The third-order valence-electron chi connectivity index (χ3n) is 2.12. The van der Waals surface area contributed by atoms with Crippen molar-refractivity contribution in [1.29, 1.82) is 5.41 Å². The number of nitrogens with one attached hydrogen (secondary N) is 1. The molecule has 0 fully saturated rings. The van der Waals surface area contributed by atoms with Gasteiger partial charge in [0.25, 0.3) is 0 Å². The smallest absolute Gasteiger partial charge is 0.0355 e. The van der Waals surface area contributed by atoms with Crippen LogP contribution in [0.15, 0.2) is 24.3 Å². The first-order valence-electron chi connectivity index (χ1n) is 5.03. The Morgan fingerprint density at radius 1 is 1.14 bits per heavy atom. The van der Waals surface area contributed by atoms with E-state index in [-0.39, 0.29) is 0 Å². The van der Waals surface area contributed by atoms with Crippen molar-refractivity contribution in [3.8, 4) is 0 Å². The summed E-state index contributed by atoms with van der Waals surface area (Å²) < 4.78 is 0. The molecular weight excluding hydrogens is 170 g/mol. The zero-order chi connectivity index (χ0) is 10.8. The molecule has 1 heteroatoms. The summed E-state index contributed by atoms with van der Waals surface area (Å²) in [5, 5.41) is 7.49. The minimum absolute atomic E-state index is 0.335. The normalized spacial score (nSPS) is 11.4. The van der Waals surface area contributed by atoms with Crippen molar-refractivity contribution in [2.45, 2.75) is 34.1 Å². The molecule has 1 rings (SSSR count). The van der Waals surface area contributed by atoms with E-state index in [1.165, 1.54) is 5.56 Å². The average Bonchev–Trinajstić information content (AvgIpc) is 2.02. The Morgan fingerprint density at radius 3 is 2.00 bits per heavy atom. The topological polar surface area (TPSA) is 23.9 Å². The Labute approximate surface area is 86.7 Å². The van der Waals surface area contributed by atoms with Crippen molar-refractivity contribution >= 4 is 5.71 Å². The Bertz CT molecular complexity index is 314. The lowest BCUT2D eigenvalue weighted by atomic mass is 9.88. The van der Waals surface area contributed by atoms with Crippen molar-refractivity contribution in [1.82, 2.24) is 0 Å². The average molecular weight is 189 g/mol. The monoisotopic (exact) mass is 189 g/mol. The molecule has 1 aromatic rings. The van der Waals surface area contributed by atoms with Gasteiger partial charge in [-0.2, -0.15) is 0 Å². The van der Waals surface area contributed by atoms with Crippen molar-refractivity contribution in [3.63, 3.8) is 0 Å². The number of hydrogen-bond acceptors (Lipinski definition) is 1. The van der Waals surface area contributed by atoms with Crippen LogP contribution in [0.1, 0.15) is 38.8 Å². The van der Waals surface area contributed by atoms with Crippen LogP contribution in [0.25, 0.3) is 0 Å². The van der Waals surface area contributed by atoms with Gasteiger partial charge in [0, 0.05) is 5.71 Å². The fraction of sp³-hybridized carbons (Fsp3) is 0.462. The van der Waals surface area contributed by atoms with E-state index in [4.69, 9.17) is 5.41 Å². The standard InChI is InChI=1S/C13H19N/c1-10(14)12-7-5-11(6-8-12)9-13(2,3)4/h5-8,14H,9H2,1-4H3. The quantitative estimate of drug-likeness (QED) is 0.686. The molecule has 76 valence electrons. The van der Waals surface area contributed by atoms with E-state index in [9.17, 15) is 0 Å². The molecule has 0 unspecified atom stereocenters. The molecule has 0 atom stereocenters. The second kappa shape index (κ2) is 3.95. The van der Waals surface area contributed by atoms with Gasteiger partial charge in [0.2, 0.25) is 0 Å². The second-order valence-corrected chi connectivity index (χ2v) is 5.06. The van der Waals surface area contributed by atoms with Crippen molar-refractivity contribution < 1.29 is 0 Å². The highest BCUT2D eigenvalue weighted by Gasteiger charge is 2.10. The van der Waals surface area contributed by atoms with E-state index in [0.29, 0.717) is 11.1 Å². The lowest BCUT2D eigenvalue weighted by Crippen LogP contribution is -2.09. The van der Waals surface area contributed by atoms with E-state index in [0.717, 1.165) is 12.0 Å². The van der Waals surface area contributed by atoms with Crippen LogP contribution >= 0.6 is 0 Å². The molecule has 0 saturated heterocycles. The third kappa shape index (κ3) is 3.33. The van der Waals surface area contributed by atoms with Crippen LogP contribution in [0.3, 0.4) is 0 Å². The molecule has 0 aromatic heterocycles. The maximum absolute atomic E-state index is 7.49. The van der Waals surface area contributed by atoms with Crippen LogP contribution in [0.2, 0.25) is 0 Å². The summed E-state index contributed by atoms with van der Waals surface area (Å²) in [6.07, 6.45) is 1.09. The SMILES string of the molecule is CC(=N)c1ccc(CC(C)(C)C)cc1. The molecule has 1 nitrogen and oxygen atoms in total. The van der Waals surface area contributed by atoms with Crippen LogP contribution in [0.5, 0.6) is 0 Å². The van der Waals surface area contributed by atoms with E-state index in [2.05, 4.69) is 32.9 Å². The molecule has 1 aromatic carbocycles. The van der Waals surface area contributed by atoms with Gasteiger partial charge in [-0.15, -0.1) is 0 Å². The van der Waals surface area contributed by atoms with Gasteiger partial charge in [-0.3, -0.25) is 0 Å². The Hall–Kier alpha value is -1.11. The largest absolute Gasteiger partial charge is 0.305 e. The number of rotatable bonds is 2. The highest BCUT2D eigenvalue weighted by molar-refractivity contribution is 5.96. The van der Waals surface area contributed by atoms with Crippen LogP contribution in [0.4, 0.5) is 0 Å². The number of benzene rings is 1. The molecule has 0 amide bonds. The fourth-order valence-electron chi connectivity index (χ4n) is 1.48. The van der Waals surface area contributed by atoms with Crippen molar-refractivity contribution in [3.05, 3.63) is 35.4 Å². The van der Waals surface area contributed by atoms with Gasteiger partial charge < -0.3 is 5.41 Å². The minimum Gasteiger partial charge on any atom is -0.305 e. The first-order valence-corrected chi connectivity index (χ1v) is 5.03. The van der Waals surface area contributed by atoms with Gasteiger partial charge >= 0.3 is 0 Å². The highest BCUT2D eigenvalue weighted by atomic mass is 14.4. The van der Waals surface area contributed by atoms with E-state index >= 15 is 0 Å². The van der Waals surface area contributed by atoms with E-state index < -0.39 is 0 Å². The summed E-state index contributed by atoms with van der Waals surface area (Å²) in [6, 6.07) is 8.31. The summed E-state index contributed by atoms with van der Waals surface area (Å²) in [5.74, 6) is 0. The molecule has 0 aliphatic rings. The second-order valence-electron chi connectivity index (χ2n) is 5.06. The summed E-state index contributed by atoms with van der Waals surface area (Å²) in [7, 11) is 0. The summed E-state index contributed by atoms with van der Waals surface area (Å²) >= 11 is 0. The maximum Gasteiger partial charge on any atom is 0.0355 e. The van der Waals surface area contributed by atoms with Gasteiger partial charge in [-0.1, -0.05) is 45.0 Å². The van der Waals surface area contributed by atoms with E-state index in [1.807, 2.05) is 19.1 Å². The minimum atomic E-state index is 0.335. The third-order valence-corrected chi connectivity index (χ3v) is 2.12. The molecule has 0 aliphatic heterocycles. The molecule has 0 spiro atoms. The number of hydrogen-bond donors (Lipinski definition) is 1. The molecule has 0 aliphatic carbocycles. The summed E-state index contributed by atoms with van der Waals surface area (Å²) in [4.78, 5) is 0. The zero-order valence-electron chi connectivity index (χ0n) is 9.52. The lowest BCUT2D eigenvalue weighted by molar-refractivity contribution is 0.411. The highest BCUT2D eigenvalue weighted by Crippen LogP contribution is 2.20. The van der Waals surface area contributed by atoms with Crippen LogP contribution in [0, 0.1) is 10.8 Å². The molecule has 0 bridgehead atoms. The predicted octanol–water partition coefficient (Wildman–Crippen LogP) is 3.66. The first-order chi connectivity index (χ1) is 6.38. The zero-order valence-corrected chi connectivity index (χ0v) is 9.52. The molecule has 1 N–H and O–H groups in total. The van der Waals surface area contributed by atoms with Gasteiger partial charge in [0.15, 0.2) is 0 Å². The fourth-order valence-corrected chi connectivity index (χ4v) is 1.48. The molecule has 0 radical (unpaired) electrons. The van der Waals surface area contributed by atoms with Crippen LogP contribution in [-0.2, 0) is 6.42 Å².